The number of aryl methyl sites for hydroxylation is 1. The lowest BCUT2D eigenvalue weighted by atomic mass is 10.1. The Kier molecular flexibility index (Phi) is 3.93. The number of hydrogen-bond donors (Lipinski definition) is 1. The summed E-state index contributed by atoms with van der Waals surface area (Å²) >= 11 is 0. The predicted octanol–water partition coefficient (Wildman–Crippen LogP) is 3.43. The van der Waals surface area contributed by atoms with Crippen molar-refractivity contribution in [3.63, 3.8) is 0 Å². The molecule has 1 amide bonds. The highest BCUT2D eigenvalue weighted by Gasteiger charge is 2.14. The number of rotatable bonds is 3. The van der Waals surface area contributed by atoms with Gasteiger partial charge in [-0.25, -0.2) is 8.78 Å². The van der Waals surface area contributed by atoms with Crippen LogP contribution in [0.15, 0.2) is 36.4 Å². The van der Waals surface area contributed by atoms with E-state index in [4.69, 9.17) is 0 Å². The molecule has 0 aliphatic carbocycles. The molecular formula is C14H10F2N2O3. The first-order valence-electron chi connectivity index (χ1n) is 5.89. The molecule has 0 unspecified atom stereocenters. The third-order valence-corrected chi connectivity index (χ3v) is 2.79. The van der Waals surface area contributed by atoms with E-state index in [9.17, 15) is 23.7 Å². The quantitative estimate of drug-likeness (QED) is 0.695. The molecule has 108 valence electrons. The van der Waals surface area contributed by atoms with Gasteiger partial charge in [-0.1, -0.05) is 6.07 Å². The van der Waals surface area contributed by atoms with Crippen LogP contribution in [0.3, 0.4) is 0 Å². The average molecular weight is 292 g/mol. The van der Waals surface area contributed by atoms with E-state index in [0.29, 0.717) is 11.6 Å². The van der Waals surface area contributed by atoms with Gasteiger partial charge in [0, 0.05) is 28.9 Å². The first-order valence-corrected chi connectivity index (χ1v) is 5.89. The fourth-order valence-corrected chi connectivity index (χ4v) is 1.77. The van der Waals surface area contributed by atoms with E-state index in [1.165, 1.54) is 18.2 Å². The number of halogens is 2. The summed E-state index contributed by atoms with van der Waals surface area (Å²) in [6.07, 6.45) is 0. The van der Waals surface area contributed by atoms with Gasteiger partial charge in [-0.2, -0.15) is 0 Å². The summed E-state index contributed by atoms with van der Waals surface area (Å²) in [4.78, 5) is 22.1. The monoisotopic (exact) mass is 292 g/mol. The van der Waals surface area contributed by atoms with Gasteiger partial charge >= 0.3 is 0 Å². The highest BCUT2D eigenvalue weighted by Crippen LogP contribution is 2.22. The zero-order chi connectivity index (χ0) is 15.6. The molecule has 7 heteroatoms. The van der Waals surface area contributed by atoms with Crippen LogP contribution in [0.4, 0.5) is 20.2 Å². The second kappa shape index (κ2) is 5.66. The molecule has 2 aromatic rings. The largest absolute Gasteiger partial charge is 0.322 e. The van der Waals surface area contributed by atoms with Crippen LogP contribution >= 0.6 is 0 Å². The van der Waals surface area contributed by atoms with Crippen molar-refractivity contribution < 1.29 is 18.5 Å². The van der Waals surface area contributed by atoms with Gasteiger partial charge in [0.15, 0.2) is 0 Å². The van der Waals surface area contributed by atoms with Crippen molar-refractivity contribution in [2.24, 2.45) is 0 Å². The fraction of sp³-hybridized carbons (Fsp3) is 0.0714. The van der Waals surface area contributed by atoms with E-state index >= 15 is 0 Å². The Morgan fingerprint density at radius 1 is 1.14 bits per heavy atom. The number of carbonyl (C=O) groups excluding carboxylic acids is 1. The highest BCUT2D eigenvalue weighted by atomic mass is 19.1. The Morgan fingerprint density at radius 2 is 1.76 bits per heavy atom. The van der Waals surface area contributed by atoms with Crippen molar-refractivity contribution in [3.05, 3.63) is 69.3 Å². The van der Waals surface area contributed by atoms with Crippen LogP contribution in [0.2, 0.25) is 0 Å². The highest BCUT2D eigenvalue weighted by molar-refractivity contribution is 6.04. The van der Waals surface area contributed by atoms with Gasteiger partial charge in [-0.3, -0.25) is 14.9 Å². The Bertz CT molecular complexity index is 712. The van der Waals surface area contributed by atoms with Crippen molar-refractivity contribution in [2.75, 3.05) is 5.32 Å². The number of nitrogens with one attached hydrogen (secondary N) is 1. The summed E-state index contributed by atoms with van der Waals surface area (Å²) in [6, 6.07) is 6.52. The van der Waals surface area contributed by atoms with Crippen LogP contribution in [-0.2, 0) is 0 Å². The van der Waals surface area contributed by atoms with Crippen molar-refractivity contribution in [2.45, 2.75) is 6.92 Å². The molecule has 0 fully saturated rings. The van der Waals surface area contributed by atoms with Crippen LogP contribution in [0.1, 0.15) is 15.9 Å². The van der Waals surface area contributed by atoms with Crippen LogP contribution in [0.25, 0.3) is 0 Å². The molecule has 0 bridgehead atoms. The van der Waals surface area contributed by atoms with Crippen LogP contribution in [-0.4, -0.2) is 10.8 Å². The molecule has 1 N–H and O–H groups in total. The number of benzene rings is 2. The lowest BCUT2D eigenvalue weighted by molar-refractivity contribution is -0.385. The minimum Gasteiger partial charge on any atom is -0.322 e. The van der Waals surface area contributed by atoms with Crippen molar-refractivity contribution in [1.29, 1.82) is 0 Å². The number of hydrogen-bond acceptors (Lipinski definition) is 3. The van der Waals surface area contributed by atoms with Crippen LogP contribution in [0.5, 0.6) is 0 Å². The second-order valence-corrected chi connectivity index (χ2v) is 4.37. The van der Waals surface area contributed by atoms with E-state index < -0.39 is 22.5 Å². The van der Waals surface area contributed by atoms with E-state index in [-0.39, 0.29) is 16.9 Å². The maximum absolute atomic E-state index is 13.0. The Hall–Kier alpha value is -2.83. The number of nitrogens with zero attached hydrogens (tertiary/aromatic N) is 1. The summed E-state index contributed by atoms with van der Waals surface area (Å²) in [5.74, 6) is -2.52. The minimum absolute atomic E-state index is 0.154. The molecule has 2 aromatic carbocycles. The van der Waals surface area contributed by atoms with Gasteiger partial charge < -0.3 is 5.32 Å². The third-order valence-electron chi connectivity index (χ3n) is 2.79. The first-order chi connectivity index (χ1) is 9.86. The summed E-state index contributed by atoms with van der Waals surface area (Å²) < 4.78 is 26.1. The molecule has 0 saturated carbocycles. The molecule has 0 atom stereocenters. The SMILES string of the molecule is Cc1ccc(NC(=O)c2cc(F)cc(F)c2)cc1[N+](=O)[O-]. The van der Waals surface area contributed by atoms with E-state index in [1.54, 1.807) is 6.92 Å². The first kappa shape index (κ1) is 14.6. The Labute approximate surface area is 118 Å². The van der Waals surface area contributed by atoms with Crippen molar-refractivity contribution in [1.82, 2.24) is 0 Å². The van der Waals surface area contributed by atoms with Gasteiger partial charge in [0.25, 0.3) is 11.6 Å². The minimum atomic E-state index is -0.880. The zero-order valence-electron chi connectivity index (χ0n) is 10.9. The van der Waals surface area contributed by atoms with Gasteiger partial charge in [0.2, 0.25) is 0 Å². The number of anilines is 1. The summed E-state index contributed by atoms with van der Waals surface area (Å²) in [5.41, 5.74) is 0.241. The van der Waals surface area contributed by atoms with Crippen LogP contribution < -0.4 is 5.32 Å². The average Bonchev–Trinajstić information content (AvgIpc) is 2.39. The number of nitro groups is 1. The fourth-order valence-electron chi connectivity index (χ4n) is 1.77. The number of carbonyl (C=O) groups is 1. The van der Waals surface area contributed by atoms with Gasteiger partial charge in [-0.05, 0) is 25.1 Å². The van der Waals surface area contributed by atoms with E-state index in [0.717, 1.165) is 12.1 Å². The summed E-state index contributed by atoms with van der Waals surface area (Å²) in [5, 5.41) is 13.2. The lowest BCUT2D eigenvalue weighted by Gasteiger charge is -2.06. The normalized spacial score (nSPS) is 10.2. The second-order valence-electron chi connectivity index (χ2n) is 4.37. The summed E-state index contributed by atoms with van der Waals surface area (Å²) in [6.45, 7) is 1.56. The van der Waals surface area contributed by atoms with Gasteiger partial charge in [0.1, 0.15) is 11.6 Å². The Morgan fingerprint density at radius 3 is 2.33 bits per heavy atom. The molecule has 0 heterocycles. The molecule has 2 rings (SSSR count). The molecule has 0 aliphatic rings. The predicted molar refractivity (Wildman–Crippen MR) is 72.1 cm³/mol. The molecule has 21 heavy (non-hydrogen) atoms. The van der Waals surface area contributed by atoms with Crippen molar-refractivity contribution in [3.8, 4) is 0 Å². The molecule has 5 nitrogen and oxygen atoms in total. The van der Waals surface area contributed by atoms with Gasteiger partial charge in [0.05, 0.1) is 4.92 Å². The van der Waals surface area contributed by atoms with E-state index in [1.807, 2.05) is 0 Å². The smallest absolute Gasteiger partial charge is 0.274 e. The van der Waals surface area contributed by atoms with E-state index in [2.05, 4.69) is 5.32 Å². The summed E-state index contributed by atoms with van der Waals surface area (Å²) in [7, 11) is 0. The third kappa shape index (κ3) is 3.38. The van der Waals surface area contributed by atoms with Crippen molar-refractivity contribution >= 4 is 17.3 Å². The number of nitro benzene ring substituents is 1. The molecular weight excluding hydrogens is 282 g/mol. The van der Waals surface area contributed by atoms with Crippen LogP contribution in [0, 0.1) is 28.7 Å². The molecule has 0 radical (unpaired) electrons. The molecule has 0 spiro atoms. The molecule has 0 aliphatic heterocycles. The maximum Gasteiger partial charge on any atom is 0.274 e. The Balaban J connectivity index is 2.27. The molecule has 0 aromatic heterocycles. The zero-order valence-corrected chi connectivity index (χ0v) is 10.9. The number of amides is 1. The lowest BCUT2D eigenvalue weighted by Crippen LogP contribution is -2.12. The molecule has 0 saturated heterocycles. The maximum atomic E-state index is 13.0. The topological polar surface area (TPSA) is 72.2 Å². The standard InChI is InChI=1S/C14H10F2N2O3/c1-8-2-3-12(7-13(8)18(20)21)17-14(19)9-4-10(15)6-11(16)5-9/h2-7H,1H3,(H,17,19). The van der Waals surface area contributed by atoms with Gasteiger partial charge in [-0.15, -0.1) is 0 Å².